The Labute approximate surface area is 118 Å². The molecule has 1 aromatic carbocycles. The van der Waals surface area contributed by atoms with E-state index in [-0.39, 0.29) is 6.04 Å². The van der Waals surface area contributed by atoms with Crippen molar-refractivity contribution in [1.29, 1.82) is 0 Å². The first kappa shape index (κ1) is 14.6. The lowest BCUT2D eigenvalue weighted by molar-refractivity contribution is 0.183. The molecule has 0 heterocycles. The number of aryl methyl sites for hydroxylation is 1. The molecule has 1 atom stereocenters. The number of hydrogen-bond donors (Lipinski definition) is 1. The van der Waals surface area contributed by atoms with Crippen LogP contribution in [0, 0.1) is 25.2 Å². The van der Waals surface area contributed by atoms with Crippen molar-refractivity contribution < 1.29 is 0 Å². The lowest BCUT2D eigenvalue weighted by Crippen LogP contribution is -2.34. The second kappa shape index (κ2) is 5.66. The summed E-state index contributed by atoms with van der Waals surface area (Å²) in [6, 6.07) is 6.80. The Morgan fingerprint density at radius 1 is 1.16 bits per heavy atom. The van der Waals surface area contributed by atoms with Gasteiger partial charge in [0.2, 0.25) is 0 Å². The number of rotatable bonds is 4. The van der Waals surface area contributed by atoms with Gasteiger partial charge in [-0.05, 0) is 61.1 Å². The second-order valence-electron chi connectivity index (χ2n) is 6.93. The minimum Gasteiger partial charge on any atom is -0.323 e. The molecule has 0 radical (unpaired) electrons. The van der Waals surface area contributed by atoms with Crippen molar-refractivity contribution >= 4 is 0 Å². The zero-order valence-corrected chi connectivity index (χ0v) is 13.0. The first-order chi connectivity index (χ1) is 8.96. The van der Waals surface area contributed by atoms with E-state index in [1.54, 1.807) is 0 Å². The van der Waals surface area contributed by atoms with Crippen molar-refractivity contribution in [3.63, 3.8) is 0 Å². The van der Waals surface area contributed by atoms with Crippen LogP contribution in [0.5, 0.6) is 0 Å². The van der Waals surface area contributed by atoms with Gasteiger partial charge in [0.05, 0.1) is 0 Å². The number of hydrogen-bond acceptors (Lipinski definition) is 1. The summed E-state index contributed by atoms with van der Waals surface area (Å²) in [5, 5.41) is 0. The standard InChI is InChI=1S/C18H29N/c1-13(2)12-18(10-5-6-11-18)17(19)16-9-7-8-14(3)15(16)4/h7-9,13,17H,5-6,10-12,19H2,1-4H3. The first-order valence-electron chi connectivity index (χ1n) is 7.78. The van der Waals surface area contributed by atoms with E-state index < -0.39 is 0 Å². The summed E-state index contributed by atoms with van der Waals surface area (Å²) in [5.74, 6) is 0.731. The molecule has 0 amide bonds. The van der Waals surface area contributed by atoms with Crippen LogP contribution in [0.2, 0.25) is 0 Å². The normalized spacial score (nSPS) is 19.9. The predicted octanol–water partition coefficient (Wildman–Crippen LogP) is 4.91. The van der Waals surface area contributed by atoms with E-state index in [2.05, 4.69) is 45.9 Å². The van der Waals surface area contributed by atoms with Gasteiger partial charge in [-0.2, -0.15) is 0 Å². The summed E-state index contributed by atoms with van der Waals surface area (Å²) in [6.07, 6.45) is 6.58. The molecule has 1 nitrogen and oxygen atoms in total. The van der Waals surface area contributed by atoms with Crippen LogP contribution in [-0.2, 0) is 0 Å². The highest BCUT2D eigenvalue weighted by atomic mass is 14.7. The average Bonchev–Trinajstić information content (AvgIpc) is 2.80. The zero-order valence-electron chi connectivity index (χ0n) is 13.0. The van der Waals surface area contributed by atoms with Gasteiger partial charge in [-0.25, -0.2) is 0 Å². The zero-order chi connectivity index (χ0) is 14.0. The highest BCUT2D eigenvalue weighted by Crippen LogP contribution is 2.51. The van der Waals surface area contributed by atoms with Gasteiger partial charge in [0.15, 0.2) is 0 Å². The van der Waals surface area contributed by atoms with Gasteiger partial charge in [0, 0.05) is 6.04 Å². The molecule has 1 heteroatoms. The summed E-state index contributed by atoms with van der Waals surface area (Å²) >= 11 is 0. The molecule has 2 rings (SSSR count). The lowest BCUT2D eigenvalue weighted by atomic mass is 9.70. The maximum Gasteiger partial charge on any atom is 0.0354 e. The fourth-order valence-corrected chi connectivity index (χ4v) is 3.97. The maximum absolute atomic E-state index is 6.75. The molecule has 1 aromatic rings. The van der Waals surface area contributed by atoms with Gasteiger partial charge in [-0.1, -0.05) is 44.9 Å². The summed E-state index contributed by atoms with van der Waals surface area (Å²) in [7, 11) is 0. The van der Waals surface area contributed by atoms with Crippen LogP contribution in [0.4, 0.5) is 0 Å². The highest BCUT2D eigenvalue weighted by molar-refractivity contribution is 5.36. The SMILES string of the molecule is Cc1cccc(C(N)C2(CC(C)C)CCCC2)c1C. The molecule has 1 fully saturated rings. The largest absolute Gasteiger partial charge is 0.323 e. The summed E-state index contributed by atoms with van der Waals surface area (Å²) in [6.45, 7) is 9.07. The quantitative estimate of drug-likeness (QED) is 0.817. The van der Waals surface area contributed by atoms with E-state index in [9.17, 15) is 0 Å². The Bertz CT molecular complexity index is 427. The van der Waals surface area contributed by atoms with E-state index in [1.165, 1.54) is 48.8 Å². The molecule has 0 saturated heterocycles. The first-order valence-corrected chi connectivity index (χ1v) is 7.78. The van der Waals surface area contributed by atoms with Crippen LogP contribution in [0.1, 0.15) is 68.7 Å². The van der Waals surface area contributed by atoms with Crippen LogP contribution in [0.15, 0.2) is 18.2 Å². The Hall–Kier alpha value is -0.820. The van der Waals surface area contributed by atoms with Crippen LogP contribution in [0.3, 0.4) is 0 Å². The van der Waals surface area contributed by atoms with E-state index in [0.717, 1.165) is 5.92 Å². The maximum atomic E-state index is 6.75. The molecule has 1 aliphatic carbocycles. The van der Waals surface area contributed by atoms with Gasteiger partial charge >= 0.3 is 0 Å². The van der Waals surface area contributed by atoms with Gasteiger partial charge in [0.25, 0.3) is 0 Å². The fourth-order valence-electron chi connectivity index (χ4n) is 3.97. The predicted molar refractivity (Wildman–Crippen MR) is 83.2 cm³/mol. The van der Waals surface area contributed by atoms with Crippen LogP contribution in [-0.4, -0.2) is 0 Å². The van der Waals surface area contributed by atoms with Crippen LogP contribution < -0.4 is 5.73 Å². The van der Waals surface area contributed by atoms with Crippen LogP contribution >= 0.6 is 0 Å². The van der Waals surface area contributed by atoms with Gasteiger partial charge in [0.1, 0.15) is 0 Å². The molecule has 106 valence electrons. The van der Waals surface area contributed by atoms with Crippen molar-refractivity contribution in [3.8, 4) is 0 Å². The van der Waals surface area contributed by atoms with E-state index >= 15 is 0 Å². The van der Waals surface area contributed by atoms with Gasteiger partial charge < -0.3 is 5.73 Å². The van der Waals surface area contributed by atoms with Gasteiger partial charge in [-0.3, -0.25) is 0 Å². The smallest absolute Gasteiger partial charge is 0.0354 e. The lowest BCUT2D eigenvalue weighted by Gasteiger charge is -2.38. The molecule has 0 spiro atoms. The van der Waals surface area contributed by atoms with E-state index in [0.29, 0.717) is 5.41 Å². The molecule has 0 bridgehead atoms. The third-order valence-electron chi connectivity index (χ3n) is 5.06. The highest BCUT2D eigenvalue weighted by Gasteiger charge is 2.40. The molecule has 1 saturated carbocycles. The molecular weight excluding hydrogens is 230 g/mol. The molecule has 19 heavy (non-hydrogen) atoms. The minimum atomic E-state index is 0.206. The molecule has 2 N–H and O–H groups in total. The summed E-state index contributed by atoms with van der Waals surface area (Å²) < 4.78 is 0. The third-order valence-corrected chi connectivity index (χ3v) is 5.06. The Balaban J connectivity index is 2.34. The van der Waals surface area contributed by atoms with Crippen molar-refractivity contribution in [2.75, 3.05) is 0 Å². The second-order valence-corrected chi connectivity index (χ2v) is 6.93. The van der Waals surface area contributed by atoms with Crippen molar-refractivity contribution in [3.05, 3.63) is 34.9 Å². The van der Waals surface area contributed by atoms with Crippen molar-refractivity contribution in [1.82, 2.24) is 0 Å². The van der Waals surface area contributed by atoms with Crippen LogP contribution in [0.25, 0.3) is 0 Å². The average molecular weight is 259 g/mol. The molecular formula is C18H29N. The van der Waals surface area contributed by atoms with E-state index in [4.69, 9.17) is 5.73 Å². The molecule has 1 unspecified atom stereocenters. The Morgan fingerprint density at radius 3 is 2.37 bits per heavy atom. The molecule has 1 aliphatic rings. The van der Waals surface area contributed by atoms with Gasteiger partial charge in [-0.15, -0.1) is 0 Å². The topological polar surface area (TPSA) is 26.0 Å². The number of nitrogens with two attached hydrogens (primary N) is 1. The number of benzene rings is 1. The van der Waals surface area contributed by atoms with E-state index in [1.807, 2.05) is 0 Å². The summed E-state index contributed by atoms with van der Waals surface area (Å²) in [4.78, 5) is 0. The fraction of sp³-hybridized carbons (Fsp3) is 0.667. The van der Waals surface area contributed by atoms with Crippen molar-refractivity contribution in [2.45, 2.75) is 65.8 Å². The van der Waals surface area contributed by atoms with Crippen molar-refractivity contribution in [2.24, 2.45) is 17.1 Å². The molecule has 0 aromatic heterocycles. The third kappa shape index (κ3) is 2.86. The molecule has 0 aliphatic heterocycles. The summed E-state index contributed by atoms with van der Waals surface area (Å²) in [5.41, 5.74) is 11.2. The monoisotopic (exact) mass is 259 g/mol. The Kier molecular flexibility index (Phi) is 4.35. The minimum absolute atomic E-state index is 0.206. The Morgan fingerprint density at radius 2 is 1.79 bits per heavy atom.